The number of amides is 3. The van der Waals surface area contributed by atoms with Crippen molar-refractivity contribution in [3.63, 3.8) is 0 Å². The predicted octanol–water partition coefficient (Wildman–Crippen LogP) is 5.04. The molecule has 0 saturated carbocycles. The largest absolute Gasteiger partial charge is 0.322 e. The van der Waals surface area contributed by atoms with E-state index in [0.717, 1.165) is 22.5 Å². The minimum Gasteiger partial charge on any atom is -0.315 e. The number of benzene rings is 1. The zero-order valence-corrected chi connectivity index (χ0v) is 20.4. The molecule has 170 valence electrons. The summed E-state index contributed by atoms with van der Waals surface area (Å²) < 4.78 is 1.83. The number of carbonyl (C=O) groups excluding carboxylic acids is 2. The lowest BCUT2D eigenvalue weighted by Crippen LogP contribution is -2.41. The molecule has 0 aliphatic heterocycles. The van der Waals surface area contributed by atoms with Crippen LogP contribution in [0.3, 0.4) is 0 Å². The van der Waals surface area contributed by atoms with Gasteiger partial charge in [-0.2, -0.15) is 5.10 Å². The SMILES string of the molecule is CCN(CC(=O)Nc1cc(C(C)(C)C)nn1C(C)(C)C)C(=O)Nc1cccc(C)c1C. The zero-order chi connectivity index (χ0) is 23.6. The Morgan fingerprint density at radius 3 is 2.26 bits per heavy atom. The molecule has 0 unspecified atom stereocenters. The summed E-state index contributed by atoms with van der Waals surface area (Å²) >= 11 is 0. The number of aromatic nitrogens is 2. The van der Waals surface area contributed by atoms with E-state index in [4.69, 9.17) is 5.10 Å². The van der Waals surface area contributed by atoms with Crippen molar-refractivity contribution >= 4 is 23.4 Å². The van der Waals surface area contributed by atoms with E-state index in [1.807, 2.05) is 70.5 Å². The third kappa shape index (κ3) is 6.09. The third-order valence-corrected chi connectivity index (χ3v) is 5.23. The summed E-state index contributed by atoms with van der Waals surface area (Å²) in [6.45, 7) is 18.6. The standard InChI is InChI=1S/C24H37N5O2/c1-10-28(22(31)25-18-13-11-12-16(2)17(18)3)15-21(30)26-20-14-19(23(4,5)6)27-29(20)24(7,8)9/h11-14H,10,15H2,1-9H3,(H,25,31)(H,26,30). The molecule has 0 saturated heterocycles. The first-order valence-electron chi connectivity index (χ1n) is 10.8. The highest BCUT2D eigenvalue weighted by Gasteiger charge is 2.26. The number of carbonyl (C=O) groups is 2. The van der Waals surface area contributed by atoms with Crippen molar-refractivity contribution in [3.8, 4) is 0 Å². The highest BCUT2D eigenvalue weighted by atomic mass is 16.2. The predicted molar refractivity (Wildman–Crippen MR) is 127 cm³/mol. The van der Waals surface area contributed by atoms with Gasteiger partial charge in [0.15, 0.2) is 0 Å². The molecule has 2 N–H and O–H groups in total. The second-order valence-corrected chi connectivity index (χ2v) is 9.99. The second kappa shape index (κ2) is 9.12. The molecule has 1 aromatic carbocycles. The fourth-order valence-corrected chi connectivity index (χ4v) is 3.11. The monoisotopic (exact) mass is 427 g/mol. The van der Waals surface area contributed by atoms with E-state index in [1.54, 1.807) is 0 Å². The number of nitrogens with zero attached hydrogens (tertiary/aromatic N) is 3. The van der Waals surface area contributed by atoms with Gasteiger partial charge in [0.25, 0.3) is 0 Å². The van der Waals surface area contributed by atoms with Gasteiger partial charge in [0, 0.05) is 23.7 Å². The van der Waals surface area contributed by atoms with Crippen LogP contribution in [-0.2, 0) is 15.7 Å². The van der Waals surface area contributed by atoms with E-state index in [0.29, 0.717) is 12.4 Å². The van der Waals surface area contributed by atoms with E-state index in [9.17, 15) is 9.59 Å². The van der Waals surface area contributed by atoms with Gasteiger partial charge in [-0.25, -0.2) is 9.48 Å². The van der Waals surface area contributed by atoms with Crippen LogP contribution in [0, 0.1) is 13.8 Å². The first-order valence-corrected chi connectivity index (χ1v) is 10.8. The summed E-state index contributed by atoms with van der Waals surface area (Å²) in [5.41, 5.74) is 3.33. The quantitative estimate of drug-likeness (QED) is 0.701. The second-order valence-electron chi connectivity index (χ2n) is 9.99. The fourth-order valence-electron chi connectivity index (χ4n) is 3.11. The van der Waals surface area contributed by atoms with Gasteiger partial charge < -0.3 is 15.5 Å². The lowest BCUT2D eigenvalue weighted by molar-refractivity contribution is -0.116. The van der Waals surface area contributed by atoms with Crippen LogP contribution < -0.4 is 10.6 Å². The van der Waals surface area contributed by atoms with Crippen LogP contribution in [-0.4, -0.2) is 39.7 Å². The number of nitrogens with one attached hydrogen (secondary N) is 2. The van der Waals surface area contributed by atoms with Gasteiger partial charge in [-0.3, -0.25) is 4.79 Å². The molecule has 0 aliphatic rings. The van der Waals surface area contributed by atoms with Gasteiger partial charge in [0.1, 0.15) is 12.4 Å². The fraction of sp³-hybridized carbons (Fsp3) is 0.542. The van der Waals surface area contributed by atoms with Crippen LogP contribution in [0.25, 0.3) is 0 Å². The molecule has 0 fully saturated rings. The molecule has 3 amide bonds. The van der Waals surface area contributed by atoms with Crippen LogP contribution in [0.5, 0.6) is 0 Å². The molecule has 0 bridgehead atoms. The van der Waals surface area contributed by atoms with E-state index in [2.05, 4.69) is 31.4 Å². The van der Waals surface area contributed by atoms with Crippen LogP contribution in [0.2, 0.25) is 0 Å². The van der Waals surface area contributed by atoms with Crippen molar-refractivity contribution in [2.75, 3.05) is 23.7 Å². The number of hydrogen-bond acceptors (Lipinski definition) is 3. The van der Waals surface area contributed by atoms with Crippen LogP contribution in [0.15, 0.2) is 24.3 Å². The normalized spacial score (nSPS) is 11.9. The molecule has 0 aliphatic carbocycles. The summed E-state index contributed by atoms with van der Waals surface area (Å²) in [4.78, 5) is 27.1. The van der Waals surface area contributed by atoms with Crippen molar-refractivity contribution in [1.29, 1.82) is 0 Å². The van der Waals surface area contributed by atoms with E-state index < -0.39 is 0 Å². The average Bonchev–Trinajstić information content (AvgIpc) is 3.08. The average molecular weight is 428 g/mol. The maximum absolute atomic E-state index is 12.8. The Balaban J connectivity index is 2.16. The minimum absolute atomic E-state index is 0.0482. The Kier molecular flexibility index (Phi) is 7.19. The molecule has 7 nitrogen and oxygen atoms in total. The molecule has 7 heteroatoms. The number of anilines is 2. The molecule has 0 radical (unpaired) electrons. The molecule has 1 aromatic heterocycles. The Morgan fingerprint density at radius 1 is 1.06 bits per heavy atom. The summed E-state index contributed by atoms with van der Waals surface area (Å²) in [7, 11) is 0. The van der Waals surface area contributed by atoms with Crippen molar-refractivity contribution in [2.45, 2.75) is 73.3 Å². The highest BCUT2D eigenvalue weighted by Crippen LogP contribution is 2.28. The Hall–Kier alpha value is -2.83. The van der Waals surface area contributed by atoms with Crippen LogP contribution >= 0.6 is 0 Å². The first-order chi connectivity index (χ1) is 14.2. The Morgan fingerprint density at radius 2 is 1.71 bits per heavy atom. The van der Waals surface area contributed by atoms with E-state index in [-0.39, 0.29) is 29.4 Å². The van der Waals surface area contributed by atoms with Crippen molar-refractivity contribution in [1.82, 2.24) is 14.7 Å². The van der Waals surface area contributed by atoms with Gasteiger partial charge in [-0.05, 0) is 58.7 Å². The number of likely N-dealkylation sites (N-methyl/N-ethyl adjacent to an activating group) is 1. The minimum atomic E-state index is -0.300. The van der Waals surface area contributed by atoms with Crippen molar-refractivity contribution in [2.24, 2.45) is 0 Å². The molecule has 2 rings (SSSR count). The number of aryl methyl sites for hydroxylation is 1. The number of urea groups is 1. The van der Waals surface area contributed by atoms with Gasteiger partial charge in [-0.1, -0.05) is 32.9 Å². The third-order valence-electron chi connectivity index (χ3n) is 5.23. The van der Waals surface area contributed by atoms with Gasteiger partial charge in [0.05, 0.1) is 11.2 Å². The Bertz CT molecular complexity index is 948. The molecule has 31 heavy (non-hydrogen) atoms. The van der Waals surface area contributed by atoms with Crippen molar-refractivity contribution in [3.05, 3.63) is 41.1 Å². The molecule has 0 spiro atoms. The summed E-state index contributed by atoms with van der Waals surface area (Å²) in [5.74, 6) is 0.372. The molecular formula is C24H37N5O2. The van der Waals surface area contributed by atoms with Gasteiger partial charge in [-0.15, -0.1) is 0 Å². The number of hydrogen-bond donors (Lipinski definition) is 2. The topological polar surface area (TPSA) is 79.3 Å². The number of rotatable bonds is 5. The van der Waals surface area contributed by atoms with Gasteiger partial charge in [0.2, 0.25) is 5.91 Å². The Labute approximate surface area is 186 Å². The molecule has 0 atom stereocenters. The van der Waals surface area contributed by atoms with Crippen LogP contribution in [0.1, 0.15) is 65.3 Å². The lowest BCUT2D eigenvalue weighted by Gasteiger charge is -2.24. The molecule has 1 heterocycles. The maximum atomic E-state index is 12.8. The highest BCUT2D eigenvalue weighted by molar-refractivity contribution is 5.97. The summed E-state index contributed by atoms with van der Waals surface area (Å²) in [6, 6.07) is 7.38. The smallest absolute Gasteiger partial charge is 0.315 e. The maximum Gasteiger partial charge on any atom is 0.322 e. The summed E-state index contributed by atoms with van der Waals surface area (Å²) in [5, 5.41) is 10.6. The van der Waals surface area contributed by atoms with Gasteiger partial charge >= 0.3 is 6.03 Å². The zero-order valence-electron chi connectivity index (χ0n) is 20.4. The summed E-state index contributed by atoms with van der Waals surface area (Å²) in [6.07, 6.45) is 0. The molecular weight excluding hydrogens is 390 g/mol. The molecule has 2 aromatic rings. The van der Waals surface area contributed by atoms with E-state index >= 15 is 0 Å². The van der Waals surface area contributed by atoms with Crippen LogP contribution in [0.4, 0.5) is 16.3 Å². The van der Waals surface area contributed by atoms with E-state index in [1.165, 1.54) is 4.90 Å². The first kappa shape index (κ1) is 24.4. The lowest BCUT2D eigenvalue weighted by atomic mass is 9.92. The van der Waals surface area contributed by atoms with Crippen molar-refractivity contribution < 1.29 is 9.59 Å².